The standard InChI is InChI=1S/C20H28N4O3/c1-6-27-19-15(8-7-11-22-19)13-23-20(21-2)24(3)14-16-9-10-17(25-4)12-18(16)26-5/h7-12H,6,13-14H2,1-5H3,(H,21,23). The molecule has 2 rings (SSSR count). The second kappa shape index (κ2) is 10.3. The molecule has 1 N–H and O–H groups in total. The molecule has 0 atom stereocenters. The molecule has 0 fully saturated rings. The van der Waals surface area contributed by atoms with Crippen LogP contribution in [0.4, 0.5) is 0 Å². The first-order valence-corrected chi connectivity index (χ1v) is 8.82. The van der Waals surface area contributed by atoms with Gasteiger partial charge in [0.25, 0.3) is 0 Å². The van der Waals surface area contributed by atoms with Crippen molar-refractivity contribution >= 4 is 5.96 Å². The van der Waals surface area contributed by atoms with Gasteiger partial charge in [-0.15, -0.1) is 0 Å². The number of aromatic nitrogens is 1. The van der Waals surface area contributed by atoms with Crippen molar-refractivity contribution in [1.29, 1.82) is 0 Å². The van der Waals surface area contributed by atoms with Gasteiger partial charge in [0.2, 0.25) is 5.88 Å². The normalized spacial score (nSPS) is 11.1. The van der Waals surface area contributed by atoms with Crippen LogP contribution in [0, 0.1) is 0 Å². The summed E-state index contributed by atoms with van der Waals surface area (Å²) in [6, 6.07) is 9.68. The van der Waals surface area contributed by atoms with Crippen LogP contribution in [-0.2, 0) is 13.1 Å². The molecule has 1 aromatic heterocycles. The Kier molecular flexibility index (Phi) is 7.73. The summed E-state index contributed by atoms with van der Waals surface area (Å²) in [5.41, 5.74) is 2.02. The van der Waals surface area contributed by atoms with Crippen molar-refractivity contribution < 1.29 is 14.2 Å². The van der Waals surface area contributed by atoms with Gasteiger partial charge in [0, 0.05) is 50.6 Å². The van der Waals surface area contributed by atoms with E-state index in [0.717, 1.165) is 28.6 Å². The Bertz CT molecular complexity index is 765. The molecule has 7 nitrogen and oxygen atoms in total. The summed E-state index contributed by atoms with van der Waals surface area (Å²) in [5, 5.41) is 3.35. The fourth-order valence-corrected chi connectivity index (χ4v) is 2.70. The average Bonchev–Trinajstić information content (AvgIpc) is 2.70. The Morgan fingerprint density at radius 3 is 2.67 bits per heavy atom. The van der Waals surface area contributed by atoms with Crippen LogP contribution < -0.4 is 19.5 Å². The van der Waals surface area contributed by atoms with Crippen molar-refractivity contribution in [2.45, 2.75) is 20.0 Å². The SMILES string of the molecule is CCOc1ncccc1CNC(=NC)N(C)Cc1ccc(OC)cc1OC. The molecular weight excluding hydrogens is 344 g/mol. The van der Waals surface area contributed by atoms with Crippen molar-refractivity contribution in [2.24, 2.45) is 4.99 Å². The quantitative estimate of drug-likeness (QED) is 0.568. The van der Waals surface area contributed by atoms with E-state index in [0.29, 0.717) is 25.6 Å². The molecule has 0 bridgehead atoms. The van der Waals surface area contributed by atoms with Crippen LogP contribution in [0.15, 0.2) is 41.5 Å². The monoisotopic (exact) mass is 372 g/mol. The van der Waals surface area contributed by atoms with Gasteiger partial charge in [-0.25, -0.2) is 4.98 Å². The van der Waals surface area contributed by atoms with Crippen LogP contribution in [0.5, 0.6) is 17.4 Å². The molecule has 0 aliphatic carbocycles. The molecule has 0 saturated carbocycles. The Hall–Kier alpha value is -2.96. The van der Waals surface area contributed by atoms with Crippen molar-refractivity contribution in [1.82, 2.24) is 15.2 Å². The van der Waals surface area contributed by atoms with E-state index in [1.54, 1.807) is 27.5 Å². The van der Waals surface area contributed by atoms with Crippen LogP contribution in [0.1, 0.15) is 18.1 Å². The summed E-state index contributed by atoms with van der Waals surface area (Å²) in [7, 11) is 7.03. The van der Waals surface area contributed by atoms with E-state index < -0.39 is 0 Å². The number of hydrogen-bond donors (Lipinski definition) is 1. The molecule has 146 valence electrons. The third-order valence-electron chi connectivity index (χ3n) is 4.04. The second-order valence-electron chi connectivity index (χ2n) is 5.84. The highest BCUT2D eigenvalue weighted by molar-refractivity contribution is 5.79. The number of nitrogens with one attached hydrogen (secondary N) is 1. The topological polar surface area (TPSA) is 68.2 Å². The highest BCUT2D eigenvalue weighted by Gasteiger charge is 2.12. The maximum atomic E-state index is 5.58. The second-order valence-corrected chi connectivity index (χ2v) is 5.84. The summed E-state index contributed by atoms with van der Waals surface area (Å²) in [5.74, 6) is 2.95. The molecule has 0 spiro atoms. The fourth-order valence-electron chi connectivity index (χ4n) is 2.70. The van der Waals surface area contributed by atoms with E-state index in [-0.39, 0.29) is 0 Å². The molecule has 0 saturated heterocycles. The molecule has 0 unspecified atom stereocenters. The molecule has 0 radical (unpaired) electrons. The molecule has 0 aliphatic rings. The van der Waals surface area contributed by atoms with Gasteiger partial charge < -0.3 is 24.4 Å². The van der Waals surface area contributed by atoms with Gasteiger partial charge in [0.05, 0.1) is 20.8 Å². The van der Waals surface area contributed by atoms with Gasteiger partial charge in [0.15, 0.2) is 5.96 Å². The zero-order chi connectivity index (χ0) is 19.6. The van der Waals surface area contributed by atoms with Gasteiger partial charge in [-0.05, 0) is 25.1 Å². The number of nitrogens with zero attached hydrogens (tertiary/aromatic N) is 3. The number of hydrogen-bond acceptors (Lipinski definition) is 5. The van der Waals surface area contributed by atoms with E-state index in [2.05, 4.69) is 15.3 Å². The molecule has 0 amide bonds. The Labute approximate surface area is 161 Å². The predicted molar refractivity (Wildman–Crippen MR) is 107 cm³/mol. The largest absolute Gasteiger partial charge is 0.497 e. The highest BCUT2D eigenvalue weighted by atomic mass is 16.5. The lowest BCUT2D eigenvalue weighted by Crippen LogP contribution is -2.38. The van der Waals surface area contributed by atoms with E-state index in [1.807, 2.05) is 49.2 Å². The maximum Gasteiger partial charge on any atom is 0.218 e. The lowest BCUT2D eigenvalue weighted by atomic mass is 10.2. The smallest absolute Gasteiger partial charge is 0.218 e. The number of methoxy groups -OCH3 is 2. The van der Waals surface area contributed by atoms with Crippen LogP contribution in [-0.4, -0.2) is 50.8 Å². The first-order chi connectivity index (χ1) is 13.1. The van der Waals surface area contributed by atoms with Gasteiger partial charge in [-0.3, -0.25) is 4.99 Å². The first kappa shape index (κ1) is 20.4. The highest BCUT2D eigenvalue weighted by Crippen LogP contribution is 2.25. The number of benzene rings is 1. The third-order valence-corrected chi connectivity index (χ3v) is 4.04. The van der Waals surface area contributed by atoms with E-state index in [9.17, 15) is 0 Å². The van der Waals surface area contributed by atoms with E-state index >= 15 is 0 Å². The molecule has 7 heteroatoms. The van der Waals surface area contributed by atoms with E-state index in [1.165, 1.54) is 0 Å². The van der Waals surface area contributed by atoms with Crippen molar-refractivity contribution in [3.8, 4) is 17.4 Å². The molecule has 27 heavy (non-hydrogen) atoms. The lowest BCUT2D eigenvalue weighted by molar-refractivity contribution is 0.322. The summed E-state index contributed by atoms with van der Waals surface area (Å²) in [4.78, 5) is 10.7. The van der Waals surface area contributed by atoms with Crippen LogP contribution in [0.2, 0.25) is 0 Å². The summed E-state index contributed by atoms with van der Waals surface area (Å²) in [6.45, 7) is 3.73. The van der Waals surface area contributed by atoms with Crippen molar-refractivity contribution in [3.05, 3.63) is 47.7 Å². The van der Waals surface area contributed by atoms with Crippen LogP contribution in [0.25, 0.3) is 0 Å². The number of guanidine groups is 1. The minimum atomic E-state index is 0.569. The Morgan fingerprint density at radius 1 is 1.19 bits per heavy atom. The van der Waals surface area contributed by atoms with E-state index in [4.69, 9.17) is 14.2 Å². The number of ether oxygens (including phenoxy) is 3. The molecular formula is C20H28N4O3. The lowest BCUT2D eigenvalue weighted by Gasteiger charge is -2.23. The molecule has 2 aromatic rings. The average molecular weight is 372 g/mol. The number of rotatable bonds is 8. The zero-order valence-corrected chi connectivity index (χ0v) is 16.7. The molecule has 1 heterocycles. The maximum absolute atomic E-state index is 5.58. The number of aliphatic imine (C=N–C) groups is 1. The number of pyridine rings is 1. The van der Waals surface area contributed by atoms with Gasteiger partial charge in [-0.2, -0.15) is 0 Å². The predicted octanol–water partition coefficient (Wildman–Crippen LogP) is 2.70. The summed E-state index contributed by atoms with van der Waals surface area (Å²) in [6.07, 6.45) is 1.73. The van der Waals surface area contributed by atoms with Crippen molar-refractivity contribution in [2.75, 3.05) is 34.9 Å². The van der Waals surface area contributed by atoms with Crippen LogP contribution >= 0.6 is 0 Å². The van der Waals surface area contributed by atoms with Gasteiger partial charge >= 0.3 is 0 Å². The zero-order valence-electron chi connectivity index (χ0n) is 16.7. The fraction of sp³-hybridized carbons (Fsp3) is 0.400. The summed E-state index contributed by atoms with van der Waals surface area (Å²) >= 11 is 0. The third kappa shape index (κ3) is 5.51. The van der Waals surface area contributed by atoms with Gasteiger partial charge in [-0.1, -0.05) is 6.07 Å². The minimum Gasteiger partial charge on any atom is -0.497 e. The van der Waals surface area contributed by atoms with Crippen molar-refractivity contribution in [3.63, 3.8) is 0 Å². The molecule has 1 aromatic carbocycles. The summed E-state index contributed by atoms with van der Waals surface area (Å²) < 4.78 is 16.3. The van der Waals surface area contributed by atoms with Gasteiger partial charge in [0.1, 0.15) is 11.5 Å². The molecule has 0 aliphatic heterocycles. The Balaban J connectivity index is 2.06. The first-order valence-electron chi connectivity index (χ1n) is 8.82. The Morgan fingerprint density at radius 2 is 2.00 bits per heavy atom. The van der Waals surface area contributed by atoms with Crippen LogP contribution in [0.3, 0.4) is 0 Å². The minimum absolute atomic E-state index is 0.569.